The molecule has 1 aliphatic rings. The molecule has 3 unspecified atom stereocenters. The van der Waals surface area contributed by atoms with Crippen LogP contribution in [0.2, 0.25) is 0 Å². The van der Waals surface area contributed by atoms with E-state index in [1.165, 1.54) is 25.7 Å². The van der Waals surface area contributed by atoms with Gasteiger partial charge in [-0.05, 0) is 37.5 Å². The number of halogens is 1. The average molecular weight is 217 g/mol. The SMILES string of the molecule is CCCC1CCC(O)C(C/C=C/Cl)C1. The van der Waals surface area contributed by atoms with Crippen molar-refractivity contribution in [2.24, 2.45) is 11.8 Å². The summed E-state index contributed by atoms with van der Waals surface area (Å²) >= 11 is 5.50. The summed E-state index contributed by atoms with van der Waals surface area (Å²) in [6, 6.07) is 0. The lowest BCUT2D eigenvalue weighted by molar-refractivity contribution is 0.0476. The van der Waals surface area contributed by atoms with Crippen molar-refractivity contribution < 1.29 is 5.11 Å². The van der Waals surface area contributed by atoms with Crippen molar-refractivity contribution in [1.82, 2.24) is 0 Å². The molecular formula is C12H21ClO. The Labute approximate surface area is 92.2 Å². The second-order valence-corrected chi connectivity index (χ2v) is 4.64. The van der Waals surface area contributed by atoms with Crippen LogP contribution in [0.25, 0.3) is 0 Å². The lowest BCUT2D eigenvalue weighted by Gasteiger charge is -2.32. The van der Waals surface area contributed by atoms with Gasteiger partial charge in [-0.2, -0.15) is 0 Å². The summed E-state index contributed by atoms with van der Waals surface area (Å²) in [5.74, 6) is 1.27. The number of rotatable bonds is 4. The van der Waals surface area contributed by atoms with Gasteiger partial charge in [-0.15, -0.1) is 0 Å². The topological polar surface area (TPSA) is 20.2 Å². The minimum atomic E-state index is -0.101. The maximum atomic E-state index is 9.80. The third-order valence-electron chi connectivity index (χ3n) is 3.28. The number of allylic oxidation sites excluding steroid dienone is 1. The van der Waals surface area contributed by atoms with Crippen LogP contribution in [-0.4, -0.2) is 11.2 Å². The van der Waals surface area contributed by atoms with Crippen LogP contribution < -0.4 is 0 Å². The first-order valence-corrected chi connectivity index (χ1v) is 6.14. The lowest BCUT2D eigenvalue weighted by atomic mass is 9.76. The van der Waals surface area contributed by atoms with Crippen molar-refractivity contribution in [2.75, 3.05) is 0 Å². The van der Waals surface area contributed by atoms with E-state index in [1.807, 2.05) is 6.08 Å². The summed E-state index contributed by atoms with van der Waals surface area (Å²) in [6.07, 6.45) is 8.73. The van der Waals surface area contributed by atoms with Gasteiger partial charge in [0.2, 0.25) is 0 Å². The van der Waals surface area contributed by atoms with Crippen molar-refractivity contribution in [3.05, 3.63) is 11.6 Å². The molecule has 0 radical (unpaired) electrons. The van der Waals surface area contributed by atoms with Gasteiger partial charge in [-0.25, -0.2) is 0 Å². The highest BCUT2D eigenvalue weighted by molar-refractivity contribution is 6.25. The van der Waals surface area contributed by atoms with E-state index in [0.29, 0.717) is 5.92 Å². The fourth-order valence-electron chi connectivity index (χ4n) is 2.50. The van der Waals surface area contributed by atoms with Crippen molar-refractivity contribution in [3.8, 4) is 0 Å². The minimum Gasteiger partial charge on any atom is -0.393 e. The molecule has 1 aliphatic carbocycles. The summed E-state index contributed by atoms with van der Waals surface area (Å²) in [7, 11) is 0. The van der Waals surface area contributed by atoms with Gasteiger partial charge in [0.25, 0.3) is 0 Å². The van der Waals surface area contributed by atoms with Gasteiger partial charge in [0.1, 0.15) is 0 Å². The second kappa shape index (κ2) is 6.47. The van der Waals surface area contributed by atoms with E-state index in [9.17, 15) is 5.11 Å². The fourth-order valence-corrected chi connectivity index (χ4v) is 2.60. The van der Waals surface area contributed by atoms with Crippen LogP contribution in [0.4, 0.5) is 0 Å². The Kier molecular flexibility index (Phi) is 5.57. The first-order chi connectivity index (χ1) is 6.77. The van der Waals surface area contributed by atoms with E-state index in [-0.39, 0.29) is 6.10 Å². The Balaban J connectivity index is 2.38. The summed E-state index contributed by atoms with van der Waals surface area (Å²) < 4.78 is 0. The molecule has 1 nitrogen and oxygen atoms in total. The van der Waals surface area contributed by atoms with E-state index in [4.69, 9.17) is 11.6 Å². The first kappa shape index (κ1) is 12.1. The number of hydrogen-bond acceptors (Lipinski definition) is 1. The summed E-state index contributed by atoms with van der Waals surface area (Å²) in [6.45, 7) is 2.23. The van der Waals surface area contributed by atoms with Crippen LogP contribution in [0.15, 0.2) is 11.6 Å². The fraction of sp³-hybridized carbons (Fsp3) is 0.833. The van der Waals surface area contributed by atoms with Crippen LogP contribution >= 0.6 is 11.6 Å². The highest BCUT2D eigenvalue weighted by atomic mass is 35.5. The standard InChI is InChI=1S/C12H21ClO/c1-2-4-10-6-7-12(14)11(9-10)5-3-8-13/h3,8,10-12,14H,2,4-7,9H2,1H3/b8-3+. The van der Waals surface area contributed by atoms with Crippen molar-refractivity contribution in [3.63, 3.8) is 0 Å². The van der Waals surface area contributed by atoms with Gasteiger partial charge in [0, 0.05) is 5.54 Å². The molecular weight excluding hydrogens is 196 g/mol. The minimum absolute atomic E-state index is 0.101. The van der Waals surface area contributed by atoms with Gasteiger partial charge in [0.15, 0.2) is 0 Å². The summed E-state index contributed by atoms with van der Waals surface area (Å²) in [5, 5.41) is 9.80. The summed E-state index contributed by atoms with van der Waals surface area (Å²) in [4.78, 5) is 0. The van der Waals surface area contributed by atoms with Gasteiger partial charge in [-0.1, -0.05) is 37.4 Å². The largest absolute Gasteiger partial charge is 0.393 e. The molecule has 0 aromatic heterocycles. The maximum absolute atomic E-state index is 9.80. The van der Waals surface area contributed by atoms with Crippen molar-refractivity contribution >= 4 is 11.6 Å². The van der Waals surface area contributed by atoms with Gasteiger partial charge < -0.3 is 5.11 Å². The third-order valence-corrected chi connectivity index (χ3v) is 3.45. The quantitative estimate of drug-likeness (QED) is 0.760. The predicted octanol–water partition coefficient (Wildman–Crippen LogP) is 3.71. The molecule has 0 aromatic rings. The number of hydrogen-bond donors (Lipinski definition) is 1. The molecule has 2 heteroatoms. The predicted molar refractivity (Wildman–Crippen MR) is 61.4 cm³/mol. The van der Waals surface area contributed by atoms with E-state index in [0.717, 1.165) is 18.8 Å². The molecule has 0 saturated heterocycles. The van der Waals surface area contributed by atoms with E-state index in [1.54, 1.807) is 5.54 Å². The van der Waals surface area contributed by atoms with E-state index < -0.39 is 0 Å². The zero-order valence-corrected chi connectivity index (χ0v) is 9.71. The highest BCUT2D eigenvalue weighted by Crippen LogP contribution is 2.34. The maximum Gasteiger partial charge on any atom is 0.0571 e. The first-order valence-electron chi connectivity index (χ1n) is 5.71. The smallest absolute Gasteiger partial charge is 0.0571 e. The molecule has 1 rings (SSSR count). The summed E-state index contributed by atoms with van der Waals surface area (Å²) in [5.41, 5.74) is 1.57. The van der Waals surface area contributed by atoms with Gasteiger partial charge in [-0.3, -0.25) is 0 Å². The van der Waals surface area contributed by atoms with Crippen LogP contribution in [0, 0.1) is 11.8 Å². The zero-order chi connectivity index (χ0) is 10.4. The molecule has 3 atom stereocenters. The van der Waals surface area contributed by atoms with E-state index >= 15 is 0 Å². The van der Waals surface area contributed by atoms with Crippen LogP contribution in [-0.2, 0) is 0 Å². The van der Waals surface area contributed by atoms with Gasteiger partial charge >= 0.3 is 0 Å². The second-order valence-electron chi connectivity index (χ2n) is 4.39. The normalized spacial score (nSPS) is 33.8. The Morgan fingerprint density at radius 2 is 2.21 bits per heavy atom. The molecule has 0 bridgehead atoms. The molecule has 1 saturated carbocycles. The average Bonchev–Trinajstić information content (AvgIpc) is 2.19. The number of aliphatic hydroxyl groups excluding tert-OH is 1. The molecule has 0 spiro atoms. The molecule has 1 N–H and O–H groups in total. The van der Waals surface area contributed by atoms with Crippen molar-refractivity contribution in [1.29, 1.82) is 0 Å². The van der Waals surface area contributed by atoms with E-state index in [2.05, 4.69) is 6.92 Å². The molecule has 14 heavy (non-hydrogen) atoms. The molecule has 0 amide bonds. The Hall–Kier alpha value is -0.0100. The molecule has 1 fully saturated rings. The van der Waals surface area contributed by atoms with Crippen molar-refractivity contribution in [2.45, 2.75) is 51.6 Å². The Morgan fingerprint density at radius 3 is 2.86 bits per heavy atom. The Bertz CT molecular complexity index is 179. The lowest BCUT2D eigenvalue weighted by Crippen LogP contribution is -2.28. The molecule has 0 aliphatic heterocycles. The zero-order valence-electron chi connectivity index (χ0n) is 8.95. The number of aliphatic hydroxyl groups is 1. The molecule has 0 aromatic carbocycles. The molecule has 0 heterocycles. The van der Waals surface area contributed by atoms with Gasteiger partial charge in [0.05, 0.1) is 6.10 Å². The molecule has 82 valence electrons. The Morgan fingerprint density at radius 1 is 1.43 bits per heavy atom. The van der Waals surface area contributed by atoms with Crippen LogP contribution in [0.3, 0.4) is 0 Å². The highest BCUT2D eigenvalue weighted by Gasteiger charge is 2.27. The van der Waals surface area contributed by atoms with Crippen LogP contribution in [0.5, 0.6) is 0 Å². The third kappa shape index (κ3) is 3.62. The van der Waals surface area contributed by atoms with Crippen LogP contribution in [0.1, 0.15) is 45.4 Å². The monoisotopic (exact) mass is 216 g/mol.